The van der Waals surface area contributed by atoms with E-state index in [2.05, 4.69) is 36.5 Å². The second-order valence-electron chi connectivity index (χ2n) is 4.66. The predicted octanol–water partition coefficient (Wildman–Crippen LogP) is 2.38. The molecule has 1 aromatic rings. The molecular formula is C14H21NO2. The van der Waals surface area contributed by atoms with Crippen LogP contribution >= 0.6 is 0 Å². The first-order chi connectivity index (χ1) is 7.99. The van der Waals surface area contributed by atoms with Crippen LogP contribution in [0, 0.1) is 6.92 Å². The summed E-state index contributed by atoms with van der Waals surface area (Å²) in [5.41, 5.74) is 2.57. The van der Waals surface area contributed by atoms with Crippen molar-refractivity contribution in [1.29, 1.82) is 0 Å². The Labute approximate surface area is 103 Å². The highest BCUT2D eigenvalue weighted by Crippen LogP contribution is 2.08. The fourth-order valence-electron chi connectivity index (χ4n) is 1.83. The summed E-state index contributed by atoms with van der Waals surface area (Å²) in [4.78, 5) is 10.7. The zero-order chi connectivity index (χ0) is 12.8. The van der Waals surface area contributed by atoms with Gasteiger partial charge in [0.15, 0.2) is 0 Å². The molecule has 0 aliphatic heterocycles. The molecule has 0 amide bonds. The minimum absolute atomic E-state index is 0.210. The Morgan fingerprint density at radius 2 is 2.12 bits per heavy atom. The monoisotopic (exact) mass is 235 g/mol. The Kier molecular flexibility index (Phi) is 5.16. The third-order valence-corrected chi connectivity index (χ3v) is 2.85. The first kappa shape index (κ1) is 13.7. The molecule has 17 heavy (non-hydrogen) atoms. The maximum Gasteiger partial charge on any atom is 0.320 e. The predicted molar refractivity (Wildman–Crippen MR) is 69.2 cm³/mol. The van der Waals surface area contributed by atoms with E-state index >= 15 is 0 Å². The number of aliphatic carboxylic acids is 1. The van der Waals surface area contributed by atoms with E-state index in [1.54, 1.807) is 6.92 Å². The molecule has 1 rings (SSSR count). The van der Waals surface area contributed by atoms with Crippen LogP contribution in [-0.2, 0) is 11.2 Å². The van der Waals surface area contributed by atoms with Gasteiger partial charge in [0.05, 0.1) is 0 Å². The summed E-state index contributed by atoms with van der Waals surface area (Å²) >= 11 is 0. The molecule has 1 aromatic carbocycles. The Hall–Kier alpha value is -1.35. The number of carboxylic acids is 1. The highest BCUT2D eigenvalue weighted by atomic mass is 16.4. The number of carboxylic acid groups (broad SMARTS) is 1. The van der Waals surface area contributed by atoms with E-state index in [-0.39, 0.29) is 6.04 Å². The summed E-state index contributed by atoms with van der Waals surface area (Å²) < 4.78 is 0. The number of rotatable bonds is 6. The van der Waals surface area contributed by atoms with Crippen LogP contribution in [0.1, 0.15) is 31.4 Å². The van der Waals surface area contributed by atoms with E-state index in [0.717, 1.165) is 12.8 Å². The van der Waals surface area contributed by atoms with E-state index in [1.807, 2.05) is 6.92 Å². The third kappa shape index (κ3) is 5.00. The zero-order valence-electron chi connectivity index (χ0n) is 10.7. The van der Waals surface area contributed by atoms with Gasteiger partial charge in [0, 0.05) is 6.04 Å². The van der Waals surface area contributed by atoms with E-state index in [0.29, 0.717) is 0 Å². The van der Waals surface area contributed by atoms with Crippen molar-refractivity contribution in [2.45, 2.75) is 45.7 Å². The number of hydrogen-bond donors (Lipinski definition) is 2. The van der Waals surface area contributed by atoms with Gasteiger partial charge in [-0.2, -0.15) is 0 Å². The molecule has 0 spiro atoms. The van der Waals surface area contributed by atoms with Crippen LogP contribution < -0.4 is 5.32 Å². The van der Waals surface area contributed by atoms with Crippen molar-refractivity contribution in [2.24, 2.45) is 0 Å². The van der Waals surface area contributed by atoms with Gasteiger partial charge in [-0.05, 0) is 39.2 Å². The average molecular weight is 235 g/mol. The van der Waals surface area contributed by atoms with Crippen LogP contribution in [-0.4, -0.2) is 23.2 Å². The fraction of sp³-hybridized carbons (Fsp3) is 0.500. The highest BCUT2D eigenvalue weighted by molar-refractivity contribution is 5.72. The van der Waals surface area contributed by atoms with Gasteiger partial charge in [-0.1, -0.05) is 29.8 Å². The summed E-state index contributed by atoms with van der Waals surface area (Å²) in [6, 6.07) is 8.15. The Morgan fingerprint density at radius 1 is 1.41 bits per heavy atom. The first-order valence-corrected chi connectivity index (χ1v) is 6.03. The average Bonchev–Trinajstić information content (AvgIpc) is 2.26. The molecule has 94 valence electrons. The van der Waals surface area contributed by atoms with Gasteiger partial charge in [-0.15, -0.1) is 0 Å². The molecule has 3 heteroatoms. The second kappa shape index (κ2) is 6.40. The molecule has 0 bridgehead atoms. The molecule has 0 aromatic heterocycles. The SMILES string of the molecule is Cc1cccc(CCC(C)N[C@H](C)C(=O)O)c1. The van der Waals surface area contributed by atoms with Gasteiger partial charge >= 0.3 is 5.97 Å². The molecule has 1 unspecified atom stereocenters. The summed E-state index contributed by atoms with van der Waals surface area (Å²) in [7, 11) is 0. The van der Waals surface area contributed by atoms with Crippen molar-refractivity contribution < 1.29 is 9.90 Å². The Morgan fingerprint density at radius 3 is 2.71 bits per heavy atom. The molecule has 0 radical (unpaired) electrons. The van der Waals surface area contributed by atoms with Crippen LogP contribution in [0.2, 0.25) is 0 Å². The molecular weight excluding hydrogens is 214 g/mol. The maximum absolute atomic E-state index is 10.7. The lowest BCUT2D eigenvalue weighted by atomic mass is 10.0. The van der Waals surface area contributed by atoms with E-state index in [1.165, 1.54) is 11.1 Å². The molecule has 0 saturated heterocycles. The van der Waals surface area contributed by atoms with E-state index in [9.17, 15) is 4.79 Å². The molecule has 0 aliphatic carbocycles. The molecule has 2 N–H and O–H groups in total. The number of benzene rings is 1. The van der Waals surface area contributed by atoms with Gasteiger partial charge in [0.2, 0.25) is 0 Å². The van der Waals surface area contributed by atoms with Crippen LogP contribution in [0.15, 0.2) is 24.3 Å². The minimum atomic E-state index is -0.799. The summed E-state index contributed by atoms with van der Waals surface area (Å²) in [6.07, 6.45) is 1.92. The molecule has 0 fully saturated rings. The van der Waals surface area contributed by atoms with Crippen LogP contribution in [0.4, 0.5) is 0 Å². The van der Waals surface area contributed by atoms with Crippen LogP contribution in [0.3, 0.4) is 0 Å². The van der Waals surface area contributed by atoms with Crippen LogP contribution in [0.25, 0.3) is 0 Å². The van der Waals surface area contributed by atoms with Crippen molar-refractivity contribution in [3.05, 3.63) is 35.4 Å². The maximum atomic E-state index is 10.7. The largest absolute Gasteiger partial charge is 0.480 e. The summed E-state index contributed by atoms with van der Waals surface area (Å²) in [6.45, 7) is 5.78. The normalized spacial score (nSPS) is 14.3. The highest BCUT2D eigenvalue weighted by Gasteiger charge is 2.13. The van der Waals surface area contributed by atoms with Crippen molar-refractivity contribution >= 4 is 5.97 Å². The fourth-order valence-corrected chi connectivity index (χ4v) is 1.83. The third-order valence-electron chi connectivity index (χ3n) is 2.85. The topological polar surface area (TPSA) is 49.3 Å². The van der Waals surface area contributed by atoms with Gasteiger partial charge in [0.25, 0.3) is 0 Å². The number of nitrogens with one attached hydrogen (secondary N) is 1. The molecule has 3 nitrogen and oxygen atoms in total. The zero-order valence-corrected chi connectivity index (χ0v) is 10.7. The quantitative estimate of drug-likeness (QED) is 0.796. The van der Waals surface area contributed by atoms with Crippen molar-refractivity contribution in [3.8, 4) is 0 Å². The van der Waals surface area contributed by atoms with E-state index in [4.69, 9.17) is 5.11 Å². The number of carbonyl (C=O) groups is 1. The van der Waals surface area contributed by atoms with Gasteiger partial charge in [-0.3, -0.25) is 4.79 Å². The molecule has 2 atom stereocenters. The van der Waals surface area contributed by atoms with Crippen molar-refractivity contribution in [3.63, 3.8) is 0 Å². The van der Waals surface area contributed by atoms with Gasteiger partial charge in [0.1, 0.15) is 6.04 Å². The van der Waals surface area contributed by atoms with Crippen molar-refractivity contribution in [1.82, 2.24) is 5.32 Å². The number of hydrogen-bond acceptors (Lipinski definition) is 2. The lowest BCUT2D eigenvalue weighted by Crippen LogP contribution is -2.40. The van der Waals surface area contributed by atoms with E-state index < -0.39 is 12.0 Å². The Balaban J connectivity index is 2.38. The molecule has 0 heterocycles. The standard InChI is InChI=1S/C14H21NO2/c1-10-5-4-6-13(9-10)8-7-11(2)15-12(3)14(16)17/h4-6,9,11-12,15H,7-8H2,1-3H3,(H,16,17)/t11?,12-/m1/s1. The summed E-state index contributed by atoms with van der Waals surface area (Å²) in [5.74, 6) is -0.799. The molecule has 0 saturated carbocycles. The molecule has 0 aliphatic rings. The van der Waals surface area contributed by atoms with Crippen molar-refractivity contribution in [2.75, 3.05) is 0 Å². The number of aryl methyl sites for hydroxylation is 2. The Bertz CT molecular complexity index is 376. The second-order valence-corrected chi connectivity index (χ2v) is 4.66. The minimum Gasteiger partial charge on any atom is -0.480 e. The first-order valence-electron chi connectivity index (χ1n) is 6.03. The lowest BCUT2D eigenvalue weighted by Gasteiger charge is -2.17. The summed E-state index contributed by atoms with van der Waals surface area (Å²) in [5, 5.41) is 11.9. The van der Waals surface area contributed by atoms with Crippen LogP contribution in [0.5, 0.6) is 0 Å². The van der Waals surface area contributed by atoms with Gasteiger partial charge < -0.3 is 10.4 Å². The smallest absolute Gasteiger partial charge is 0.320 e. The van der Waals surface area contributed by atoms with Gasteiger partial charge in [-0.25, -0.2) is 0 Å². The lowest BCUT2D eigenvalue weighted by molar-refractivity contribution is -0.139.